The van der Waals surface area contributed by atoms with E-state index in [-0.39, 0.29) is 5.92 Å². The number of hydrogen-bond donors (Lipinski definition) is 0. The molecule has 1 atom stereocenters. The zero-order chi connectivity index (χ0) is 19.6. The van der Waals surface area contributed by atoms with E-state index in [4.69, 9.17) is 4.74 Å². The molecule has 0 aromatic heterocycles. The Morgan fingerprint density at radius 3 is 2.52 bits per heavy atom. The third-order valence-electron chi connectivity index (χ3n) is 4.09. The third-order valence-corrected chi connectivity index (χ3v) is 4.86. The second kappa shape index (κ2) is 10.3. The van der Waals surface area contributed by atoms with Crippen molar-refractivity contribution in [2.45, 2.75) is 6.42 Å². The van der Waals surface area contributed by atoms with E-state index in [1.54, 1.807) is 6.08 Å². The minimum Gasteiger partial charge on any atom is -0.466 e. The average molecular weight is 425 g/mol. The summed E-state index contributed by atoms with van der Waals surface area (Å²) in [6.07, 6.45) is 5.67. The van der Waals surface area contributed by atoms with Crippen LogP contribution in [-0.2, 0) is 16.0 Å². The smallest absolute Gasteiger partial charge is 0.330 e. The first kappa shape index (κ1) is 20.5. The Balaban J connectivity index is 2.34. The molecule has 0 spiro atoms. The second-order valence-corrected chi connectivity index (χ2v) is 6.75. The van der Waals surface area contributed by atoms with Crippen LogP contribution in [0.5, 0.6) is 0 Å². The zero-order valence-corrected chi connectivity index (χ0v) is 16.9. The summed E-state index contributed by atoms with van der Waals surface area (Å²) < 4.78 is 5.68. The van der Waals surface area contributed by atoms with Crippen molar-refractivity contribution in [1.29, 1.82) is 5.26 Å². The fraction of sp³-hybridized carbons (Fsp3) is 0.182. The van der Waals surface area contributed by atoms with Crippen molar-refractivity contribution in [1.82, 2.24) is 0 Å². The number of nitriles is 1. The second-order valence-electron chi connectivity index (χ2n) is 5.90. The number of carbonyl (C=O) groups excluding carboxylic acids is 1. The number of allylic oxidation sites excluding steroid dienone is 3. The number of esters is 1. The Morgan fingerprint density at radius 1 is 1.22 bits per heavy atom. The molecule has 2 rings (SSSR count). The monoisotopic (exact) mass is 424 g/mol. The first-order valence-corrected chi connectivity index (χ1v) is 9.24. The number of halogens is 1. The summed E-state index contributed by atoms with van der Waals surface area (Å²) in [6.45, 7) is 0. The number of ether oxygens (including phenoxy) is 1. The van der Waals surface area contributed by atoms with Gasteiger partial charge < -0.3 is 9.64 Å². The molecular formula is C22H21BrN2O2. The molecule has 0 heterocycles. The van der Waals surface area contributed by atoms with E-state index in [1.807, 2.05) is 72.6 Å². The van der Waals surface area contributed by atoms with Crippen LogP contribution < -0.4 is 4.90 Å². The van der Waals surface area contributed by atoms with Gasteiger partial charge in [-0.3, -0.25) is 0 Å². The van der Waals surface area contributed by atoms with Crippen LogP contribution in [0, 0.1) is 17.2 Å². The van der Waals surface area contributed by atoms with E-state index in [2.05, 4.69) is 22.0 Å². The summed E-state index contributed by atoms with van der Waals surface area (Å²) in [6, 6.07) is 19.8. The number of benzene rings is 2. The fourth-order valence-corrected chi connectivity index (χ4v) is 3.03. The van der Waals surface area contributed by atoms with E-state index >= 15 is 0 Å². The number of methoxy groups -OCH3 is 1. The van der Waals surface area contributed by atoms with Gasteiger partial charge in [0.05, 0.1) is 7.11 Å². The fourth-order valence-electron chi connectivity index (χ4n) is 2.59. The molecule has 2 aromatic carbocycles. The summed E-state index contributed by atoms with van der Waals surface area (Å²) in [4.78, 5) is 13.4. The summed E-state index contributed by atoms with van der Waals surface area (Å²) in [5, 5.41) is 9.67. The molecule has 0 radical (unpaired) electrons. The van der Waals surface area contributed by atoms with Crippen molar-refractivity contribution >= 4 is 27.6 Å². The molecule has 0 saturated heterocycles. The van der Waals surface area contributed by atoms with E-state index in [0.29, 0.717) is 12.1 Å². The summed E-state index contributed by atoms with van der Waals surface area (Å²) >= 11 is 3.56. The molecule has 0 N–H and O–H groups in total. The van der Waals surface area contributed by atoms with Gasteiger partial charge in [-0.05, 0) is 36.3 Å². The molecule has 0 saturated carbocycles. The van der Waals surface area contributed by atoms with Crippen molar-refractivity contribution in [2.24, 2.45) is 5.92 Å². The van der Waals surface area contributed by atoms with Crippen LogP contribution in [0.4, 0.5) is 5.69 Å². The minimum atomic E-state index is -0.421. The molecule has 2 aromatic rings. The molecule has 138 valence electrons. The Bertz CT molecular complexity index is 869. The van der Waals surface area contributed by atoms with Gasteiger partial charge in [0.2, 0.25) is 0 Å². The van der Waals surface area contributed by atoms with Crippen molar-refractivity contribution < 1.29 is 9.53 Å². The number of nitrogens with zero attached hydrogens (tertiary/aromatic N) is 2. The highest BCUT2D eigenvalue weighted by molar-refractivity contribution is 9.10. The lowest BCUT2D eigenvalue weighted by Gasteiger charge is -2.20. The van der Waals surface area contributed by atoms with Gasteiger partial charge in [0.25, 0.3) is 0 Å². The largest absolute Gasteiger partial charge is 0.466 e. The third kappa shape index (κ3) is 6.12. The van der Waals surface area contributed by atoms with Gasteiger partial charge in [0.1, 0.15) is 11.8 Å². The van der Waals surface area contributed by atoms with Gasteiger partial charge in [-0.25, -0.2) is 4.79 Å². The minimum absolute atomic E-state index is 0.149. The Hall–Kier alpha value is -2.84. The highest BCUT2D eigenvalue weighted by atomic mass is 79.9. The zero-order valence-electron chi connectivity index (χ0n) is 15.3. The lowest BCUT2D eigenvalue weighted by Crippen LogP contribution is -2.16. The first-order valence-electron chi connectivity index (χ1n) is 8.45. The molecule has 0 bridgehead atoms. The van der Waals surface area contributed by atoms with Crippen LogP contribution in [0.15, 0.2) is 83.0 Å². The van der Waals surface area contributed by atoms with Gasteiger partial charge in [0.15, 0.2) is 0 Å². The van der Waals surface area contributed by atoms with Gasteiger partial charge in [0, 0.05) is 29.2 Å². The maximum absolute atomic E-state index is 11.5. The molecule has 4 nitrogen and oxygen atoms in total. The van der Waals surface area contributed by atoms with Gasteiger partial charge >= 0.3 is 5.97 Å². The molecule has 0 aliphatic rings. The van der Waals surface area contributed by atoms with Crippen LogP contribution >= 0.6 is 15.9 Å². The molecule has 1 unspecified atom stereocenters. The van der Waals surface area contributed by atoms with Crippen LogP contribution in [0.1, 0.15) is 5.56 Å². The standard InChI is InChI=1S/C22H21BrN2O2/c1-25(19-9-4-3-5-10-19)20(16-24)15-17(12-13-22(26)27-2)14-18-8-6-7-11-21(18)23/h3-13,15,17H,14H2,1-2H3/b13-12-,20-15-. The molecule has 27 heavy (non-hydrogen) atoms. The molecule has 5 heteroatoms. The van der Waals surface area contributed by atoms with Crippen LogP contribution in [0.2, 0.25) is 0 Å². The summed E-state index contributed by atoms with van der Waals surface area (Å²) in [7, 11) is 3.19. The SMILES string of the molecule is COC(=O)/C=C\C(/C=C(/C#N)N(C)c1ccccc1)Cc1ccccc1Br. The maximum atomic E-state index is 11.5. The highest BCUT2D eigenvalue weighted by Gasteiger charge is 2.12. The molecular weight excluding hydrogens is 404 g/mol. The number of rotatable bonds is 7. The predicted octanol–water partition coefficient (Wildman–Crippen LogP) is 4.88. The van der Waals surface area contributed by atoms with Crippen molar-refractivity contribution in [3.05, 3.63) is 88.6 Å². The number of anilines is 1. The summed E-state index contributed by atoms with van der Waals surface area (Å²) in [5.41, 5.74) is 2.52. The first-order chi connectivity index (χ1) is 13.0. The summed E-state index contributed by atoms with van der Waals surface area (Å²) in [5.74, 6) is -0.570. The number of carbonyl (C=O) groups is 1. The number of hydrogen-bond acceptors (Lipinski definition) is 4. The normalized spacial score (nSPS) is 12.4. The van der Waals surface area contributed by atoms with E-state index in [9.17, 15) is 10.1 Å². The number of para-hydroxylation sites is 1. The maximum Gasteiger partial charge on any atom is 0.330 e. The lowest BCUT2D eigenvalue weighted by atomic mass is 9.97. The van der Waals surface area contributed by atoms with Crippen LogP contribution in [0.3, 0.4) is 0 Å². The van der Waals surface area contributed by atoms with E-state index in [1.165, 1.54) is 13.2 Å². The Kier molecular flexibility index (Phi) is 7.84. The predicted molar refractivity (Wildman–Crippen MR) is 111 cm³/mol. The molecule has 0 fully saturated rings. The van der Waals surface area contributed by atoms with Gasteiger partial charge in [-0.15, -0.1) is 0 Å². The average Bonchev–Trinajstić information content (AvgIpc) is 2.71. The van der Waals surface area contributed by atoms with E-state index in [0.717, 1.165) is 15.7 Å². The molecule has 0 aliphatic carbocycles. The lowest BCUT2D eigenvalue weighted by molar-refractivity contribution is -0.134. The molecule has 0 amide bonds. The van der Waals surface area contributed by atoms with Gasteiger partial charge in [-0.1, -0.05) is 58.4 Å². The topological polar surface area (TPSA) is 53.3 Å². The van der Waals surface area contributed by atoms with Crippen molar-refractivity contribution in [3.8, 4) is 6.07 Å². The van der Waals surface area contributed by atoms with Crippen LogP contribution in [-0.4, -0.2) is 20.1 Å². The van der Waals surface area contributed by atoms with E-state index < -0.39 is 5.97 Å². The Labute approximate surface area is 168 Å². The quantitative estimate of drug-likeness (QED) is 0.361. The van der Waals surface area contributed by atoms with Gasteiger partial charge in [-0.2, -0.15) is 5.26 Å². The highest BCUT2D eigenvalue weighted by Crippen LogP contribution is 2.23. The Morgan fingerprint density at radius 2 is 1.89 bits per heavy atom. The van der Waals surface area contributed by atoms with Crippen molar-refractivity contribution in [2.75, 3.05) is 19.1 Å². The van der Waals surface area contributed by atoms with Crippen LogP contribution in [0.25, 0.3) is 0 Å². The molecule has 0 aliphatic heterocycles. The van der Waals surface area contributed by atoms with Crippen molar-refractivity contribution in [3.63, 3.8) is 0 Å².